The van der Waals surface area contributed by atoms with Crippen LogP contribution in [-0.2, 0) is 27.4 Å². The number of aliphatic hydroxyl groups excluding tert-OH is 1. The number of rotatable bonds is 19. The number of nitrogens with zero attached hydrogens (tertiary/aromatic N) is 3. The molecule has 1 fully saturated rings. The summed E-state index contributed by atoms with van der Waals surface area (Å²) in [5.41, 5.74) is 1.87. The van der Waals surface area contributed by atoms with Crippen LogP contribution < -0.4 is 4.57 Å². The minimum atomic E-state index is -0.833. The van der Waals surface area contributed by atoms with E-state index in [-0.39, 0.29) is 25.8 Å². The quantitative estimate of drug-likeness (QED) is 0.0810. The first-order valence-corrected chi connectivity index (χ1v) is 17.5. The average molecular weight is 615 g/mol. The molecule has 0 saturated carbocycles. The van der Waals surface area contributed by atoms with Gasteiger partial charge in [0.1, 0.15) is 6.54 Å². The summed E-state index contributed by atoms with van der Waals surface area (Å²) in [5, 5.41) is 28.4. The summed E-state index contributed by atoms with van der Waals surface area (Å²) in [5.74, 6) is 0.380. The average Bonchev–Trinajstić information content (AvgIpc) is 3.66. The van der Waals surface area contributed by atoms with Crippen molar-refractivity contribution < 1.29 is 23.9 Å². The van der Waals surface area contributed by atoms with Crippen LogP contribution >= 0.6 is 32.9 Å². The van der Waals surface area contributed by atoms with Crippen LogP contribution in [0.4, 0.5) is 0 Å². The summed E-state index contributed by atoms with van der Waals surface area (Å²) >= 11 is 1.42. The zero-order valence-electron chi connectivity index (χ0n) is 23.5. The Kier molecular flexibility index (Phi) is 16.0. The Hall–Kier alpha value is -2.34. The summed E-state index contributed by atoms with van der Waals surface area (Å²) in [6, 6.07) is 10.1. The number of aromatic nitrogens is 1. The van der Waals surface area contributed by atoms with Crippen LogP contribution in [0.3, 0.4) is 0 Å². The Labute approximate surface area is 256 Å². The van der Waals surface area contributed by atoms with Crippen molar-refractivity contribution in [2.45, 2.75) is 82.1 Å². The number of carbonyl (C=O) groups is 1. The van der Waals surface area contributed by atoms with Gasteiger partial charge in [0, 0.05) is 45.7 Å². The molecule has 0 bridgehead atoms. The molecule has 1 N–H and O–H groups in total. The van der Waals surface area contributed by atoms with Gasteiger partial charge in [-0.2, -0.15) is 10.5 Å². The van der Waals surface area contributed by atoms with E-state index in [0.717, 1.165) is 66.3 Å². The van der Waals surface area contributed by atoms with Crippen molar-refractivity contribution in [3.05, 3.63) is 51.5 Å². The van der Waals surface area contributed by atoms with Gasteiger partial charge in [0.15, 0.2) is 18.3 Å². The summed E-state index contributed by atoms with van der Waals surface area (Å²) < 4.78 is 13.0. The summed E-state index contributed by atoms with van der Waals surface area (Å²) in [6.45, 7) is 1.87. The Balaban J connectivity index is 1.30. The molecule has 0 spiro atoms. The number of thiophene rings is 1. The summed E-state index contributed by atoms with van der Waals surface area (Å²) in [4.78, 5) is 13.5. The molecule has 41 heavy (non-hydrogen) atoms. The number of carbonyl (C=O) groups excluding carboxylic acids is 1. The van der Waals surface area contributed by atoms with Gasteiger partial charge in [-0.15, -0.1) is 11.3 Å². The molecule has 3 rings (SSSR count). The first-order valence-electron chi connectivity index (χ1n) is 14.3. The predicted octanol–water partition coefficient (Wildman–Crippen LogP) is 6.66. The lowest BCUT2D eigenvalue weighted by Gasteiger charge is -2.07. The molecule has 0 amide bonds. The van der Waals surface area contributed by atoms with Gasteiger partial charge in [-0.3, -0.25) is 4.79 Å². The van der Waals surface area contributed by atoms with E-state index in [4.69, 9.17) is 14.6 Å². The highest BCUT2D eigenvalue weighted by Crippen LogP contribution is 2.40. The first-order chi connectivity index (χ1) is 20.1. The van der Waals surface area contributed by atoms with Gasteiger partial charge in [-0.1, -0.05) is 34.1 Å². The molecule has 1 unspecified atom stereocenters. The van der Waals surface area contributed by atoms with Crippen LogP contribution in [-0.4, -0.2) is 41.9 Å². The van der Waals surface area contributed by atoms with Crippen LogP contribution in [0, 0.1) is 22.7 Å². The normalized spacial score (nSPS) is 14.9. The van der Waals surface area contributed by atoms with Gasteiger partial charge in [0.25, 0.3) is 0 Å². The molecule has 1 saturated heterocycles. The number of nitriles is 2. The Morgan fingerprint density at radius 3 is 2.63 bits per heavy atom. The standard InChI is InChI=1S/C31H40N3O4S3/c32-22-27(23-33)31-26(24-37-19-17-35)21-29(40-31)10-9-25-11-15-34(16-12-25)14-5-1-2-6-18-38-30(36)8-4-3-7-28-13-20-39-41-28/h9-12,15-16,21,27-28,35H,1-8,13-14,17-20,24H2/q+1/b10-9+. The zero-order chi connectivity index (χ0) is 29.1. The van der Waals surface area contributed by atoms with Gasteiger partial charge in [-0.05, 0) is 61.8 Å². The fourth-order valence-electron chi connectivity index (χ4n) is 4.42. The first kappa shape index (κ1) is 33.2. The van der Waals surface area contributed by atoms with Crippen LogP contribution in [0.1, 0.15) is 84.6 Å². The number of ether oxygens (including phenoxy) is 2. The molecule has 1 atom stereocenters. The smallest absolute Gasteiger partial charge is 0.305 e. The van der Waals surface area contributed by atoms with Crippen molar-refractivity contribution in [2.75, 3.05) is 25.6 Å². The zero-order valence-corrected chi connectivity index (χ0v) is 26.0. The monoisotopic (exact) mass is 614 g/mol. The third-order valence-electron chi connectivity index (χ3n) is 6.69. The minimum absolute atomic E-state index is 0.0521. The van der Waals surface area contributed by atoms with E-state index in [0.29, 0.717) is 17.9 Å². The minimum Gasteiger partial charge on any atom is -0.466 e. The fourth-order valence-corrected chi connectivity index (χ4v) is 8.51. The second-order valence-electron chi connectivity index (χ2n) is 9.92. The van der Waals surface area contributed by atoms with Gasteiger partial charge in [0.05, 0.1) is 38.6 Å². The maximum atomic E-state index is 11.9. The maximum absolute atomic E-state index is 11.9. The third-order valence-corrected chi connectivity index (χ3v) is 10.9. The van der Waals surface area contributed by atoms with Crippen molar-refractivity contribution >= 4 is 51.0 Å². The van der Waals surface area contributed by atoms with E-state index in [2.05, 4.69) is 29.1 Å². The number of unbranched alkanes of at least 4 members (excludes halogenated alkanes) is 4. The molecule has 7 nitrogen and oxygen atoms in total. The van der Waals surface area contributed by atoms with Crippen molar-refractivity contribution in [1.29, 1.82) is 10.5 Å². The molecule has 2 aromatic rings. The number of esters is 1. The van der Waals surface area contributed by atoms with Crippen LogP contribution in [0.2, 0.25) is 0 Å². The summed E-state index contributed by atoms with van der Waals surface area (Å²) in [7, 11) is 3.97. The van der Waals surface area contributed by atoms with Gasteiger partial charge >= 0.3 is 5.97 Å². The van der Waals surface area contributed by atoms with E-state index >= 15 is 0 Å². The van der Waals surface area contributed by atoms with Gasteiger partial charge in [0.2, 0.25) is 0 Å². The lowest BCUT2D eigenvalue weighted by atomic mass is 10.1. The molecule has 1 aliphatic heterocycles. The van der Waals surface area contributed by atoms with E-state index < -0.39 is 5.92 Å². The topological polar surface area (TPSA) is 107 Å². The number of aryl methyl sites for hydroxylation is 1. The molecule has 0 radical (unpaired) electrons. The van der Waals surface area contributed by atoms with Crippen LogP contribution in [0.15, 0.2) is 30.6 Å². The second kappa shape index (κ2) is 19.7. The highest BCUT2D eigenvalue weighted by atomic mass is 33.1. The number of hydrogen-bond donors (Lipinski definition) is 1. The highest BCUT2D eigenvalue weighted by Gasteiger charge is 2.18. The van der Waals surface area contributed by atoms with E-state index in [1.807, 2.05) is 51.9 Å². The lowest BCUT2D eigenvalue weighted by Crippen LogP contribution is -2.32. The number of hydrogen-bond acceptors (Lipinski definition) is 9. The van der Waals surface area contributed by atoms with Crippen molar-refractivity contribution in [2.24, 2.45) is 0 Å². The molecule has 0 aromatic carbocycles. The Morgan fingerprint density at radius 1 is 1.10 bits per heavy atom. The molecule has 2 aromatic heterocycles. The molecule has 3 heterocycles. The fraction of sp³-hybridized carbons (Fsp3) is 0.548. The molecule has 220 valence electrons. The molecular formula is C31H40N3O4S3+. The van der Waals surface area contributed by atoms with Crippen molar-refractivity contribution in [3.8, 4) is 12.1 Å². The second-order valence-corrected chi connectivity index (χ2v) is 13.8. The lowest BCUT2D eigenvalue weighted by molar-refractivity contribution is -0.697. The largest absolute Gasteiger partial charge is 0.466 e. The Morgan fingerprint density at radius 2 is 1.90 bits per heavy atom. The van der Waals surface area contributed by atoms with E-state index in [1.54, 1.807) is 0 Å². The van der Waals surface area contributed by atoms with E-state index in [1.165, 1.54) is 29.9 Å². The van der Waals surface area contributed by atoms with Crippen molar-refractivity contribution in [1.82, 2.24) is 0 Å². The van der Waals surface area contributed by atoms with Crippen molar-refractivity contribution in [3.63, 3.8) is 0 Å². The third kappa shape index (κ3) is 12.6. The molecular weight excluding hydrogens is 575 g/mol. The van der Waals surface area contributed by atoms with Gasteiger partial charge < -0.3 is 14.6 Å². The SMILES string of the molecule is N#CC(C#N)c1sc(/C=C/c2cc[n+](CCCCCCOC(=O)CCCCC3CCSS3)cc2)cc1COCCO. The highest BCUT2D eigenvalue weighted by molar-refractivity contribution is 8.77. The van der Waals surface area contributed by atoms with Gasteiger partial charge in [-0.25, -0.2) is 4.57 Å². The van der Waals surface area contributed by atoms with Crippen LogP contribution in [0.5, 0.6) is 0 Å². The summed E-state index contributed by atoms with van der Waals surface area (Å²) in [6.07, 6.45) is 17.4. The van der Waals surface area contributed by atoms with Crippen LogP contribution in [0.25, 0.3) is 12.2 Å². The molecule has 1 aliphatic rings. The number of aliphatic hydroxyl groups is 1. The number of pyridine rings is 1. The maximum Gasteiger partial charge on any atom is 0.305 e. The predicted molar refractivity (Wildman–Crippen MR) is 167 cm³/mol. The Bertz CT molecular complexity index is 1150. The van der Waals surface area contributed by atoms with E-state index in [9.17, 15) is 15.3 Å². The molecule has 10 heteroatoms. The molecule has 0 aliphatic carbocycles.